The number of hydrogen-bond acceptors (Lipinski definition) is 2. The average molecular weight is 294 g/mol. The van der Waals surface area contributed by atoms with Gasteiger partial charge in [0.15, 0.2) is 0 Å². The number of nitrogens with two attached hydrogens (primary N) is 1. The highest BCUT2D eigenvalue weighted by molar-refractivity contribution is 9.10. The second kappa shape index (κ2) is 5.02. The summed E-state index contributed by atoms with van der Waals surface area (Å²) in [7, 11) is 0. The molecule has 3 nitrogen and oxygen atoms in total. The number of aryl methyl sites for hydroxylation is 1. The summed E-state index contributed by atoms with van der Waals surface area (Å²) >= 11 is 3.60. The van der Waals surface area contributed by atoms with Crippen LogP contribution in [0.15, 0.2) is 35.1 Å². The fraction of sp³-hybridized carbons (Fsp3) is 0.308. The first kappa shape index (κ1) is 12.3. The van der Waals surface area contributed by atoms with Crippen molar-refractivity contribution < 1.29 is 0 Å². The smallest absolute Gasteiger partial charge is 0.112 e. The number of aromatic nitrogens is 2. The highest BCUT2D eigenvalue weighted by Crippen LogP contribution is 2.25. The molecule has 1 unspecified atom stereocenters. The van der Waals surface area contributed by atoms with E-state index in [-0.39, 0.29) is 6.04 Å². The van der Waals surface area contributed by atoms with Crippen molar-refractivity contribution in [3.8, 4) is 5.69 Å². The normalized spacial score (nSPS) is 12.7. The Balaban J connectivity index is 2.47. The molecule has 4 heteroatoms. The molecule has 0 radical (unpaired) electrons. The van der Waals surface area contributed by atoms with Crippen molar-refractivity contribution in [2.24, 2.45) is 5.73 Å². The number of imidazole rings is 1. The molecule has 1 heterocycles. The Labute approximate surface area is 110 Å². The van der Waals surface area contributed by atoms with E-state index in [4.69, 9.17) is 5.73 Å². The lowest BCUT2D eigenvalue weighted by atomic mass is 10.1. The van der Waals surface area contributed by atoms with Gasteiger partial charge in [-0.2, -0.15) is 0 Å². The molecule has 0 aliphatic heterocycles. The largest absolute Gasteiger partial charge is 0.324 e. The van der Waals surface area contributed by atoms with Gasteiger partial charge in [0.25, 0.3) is 0 Å². The Kier molecular flexibility index (Phi) is 3.64. The van der Waals surface area contributed by atoms with E-state index in [9.17, 15) is 0 Å². The fourth-order valence-corrected chi connectivity index (χ4v) is 2.40. The minimum Gasteiger partial charge on any atom is -0.324 e. The van der Waals surface area contributed by atoms with Gasteiger partial charge in [-0.15, -0.1) is 0 Å². The first-order valence-corrected chi connectivity index (χ1v) is 6.50. The molecule has 2 aromatic rings. The molecule has 0 aliphatic carbocycles. The quantitative estimate of drug-likeness (QED) is 0.944. The van der Waals surface area contributed by atoms with Crippen LogP contribution in [0.25, 0.3) is 5.69 Å². The van der Waals surface area contributed by atoms with E-state index in [0.717, 1.165) is 28.0 Å². The van der Waals surface area contributed by atoms with Gasteiger partial charge < -0.3 is 10.3 Å². The topological polar surface area (TPSA) is 43.8 Å². The van der Waals surface area contributed by atoms with Gasteiger partial charge in [-0.05, 0) is 40.5 Å². The predicted molar refractivity (Wildman–Crippen MR) is 73.2 cm³/mol. The van der Waals surface area contributed by atoms with E-state index in [1.807, 2.05) is 19.3 Å². The number of rotatable bonds is 3. The average Bonchev–Trinajstić information content (AvgIpc) is 2.76. The number of halogens is 1. The summed E-state index contributed by atoms with van der Waals surface area (Å²) in [6.45, 7) is 4.08. The van der Waals surface area contributed by atoms with Crippen molar-refractivity contribution in [2.75, 3.05) is 0 Å². The zero-order valence-electron chi connectivity index (χ0n) is 10.0. The molecule has 0 amide bonds. The molecular formula is C13H16BrN3. The maximum Gasteiger partial charge on any atom is 0.112 e. The molecule has 1 aromatic heterocycles. The van der Waals surface area contributed by atoms with E-state index < -0.39 is 0 Å². The summed E-state index contributed by atoms with van der Waals surface area (Å²) in [5.41, 5.74) is 8.09. The minimum atomic E-state index is 0.0498. The van der Waals surface area contributed by atoms with Gasteiger partial charge in [0, 0.05) is 29.3 Å². The summed E-state index contributed by atoms with van der Waals surface area (Å²) < 4.78 is 3.13. The second-order valence-corrected chi connectivity index (χ2v) is 4.92. The monoisotopic (exact) mass is 293 g/mol. The Hall–Kier alpha value is -1.13. The van der Waals surface area contributed by atoms with Gasteiger partial charge in [0.1, 0.15) is 5.82 Å². The van der Waals surface area contributed by atoms with Crippen LogP contribution in [0, 0.1) is 0 Å². The Morgan fingerprint density at radius 2 is 2.24 bits per heavy atom. The Bertz CT molecular complexity index is 517. The second-order valence-electron chi connectivity index (χ2n) is 4.07. The molecule has 0 aliphatic rings. The molecule has 2 N–H and O–H groups in total. The summed E-state index contributed by atoms with van der Waals surface area (Å²) in [5, 5.41) is 0. The molecule has 90 valence electrons. The summed E-state index contributed by atoms with van der Waals surface area (Å²) in [6, 6.07) is 6.25. The highest BCUT2D eigenvalue weighted by Gasteiger charge is 2.08. The van der Waals surface area contributed by atoms with Gasteiger partial charge in [-0.1, -0.05) is 13.0 Å². The van der Waals surface area contributed by atoms with Gasteiger partial charge in [0.2, 0.25) is 0 Å². The summed E-state index contributed by atoms with van der Waals surface area (Å²) in [6.07, 6.45) is 4.71. The van der Waals surface area contributed by atoms with Gasteiger partial charge in [0.05, 0.1) is 5.69 Å². The Morgan fingerprint density at radius 3 is 2.82 bits per heavy atom. The molecule has 2 rings (SSSR count). The van der Waals surface area contributed by atoms with Crippen LogP contribution in [0.2, 0.25) is 0 Å². The lowest BCUT2D eigenvalue weighted by molar-refractivity contribution is 0.814. The number of hydrogen-bond donors (Lipinski definition) is 1. The van der Waals surface area contributed by atoms with Crippen LogP contribution < -0.4 is 5.73 Å². The van der Waals surface area contributed by atoms with Crippen molar-refractivity contribution in [2.45, 2.75) is 26.3 Å². The fourth-order valence-electron chi connectivity index (χ4n) is 1.82. The maximum atomic E-state index is 5.87. The van der Waals surface area contributed by atoms with E-state index in [0.29, 0.717) is 0 Å². The maximum absolute atomic E-state index is 5.87. The molecule has 1 atom stereocenters. The molecule has 0 saturated carbocycles. The lowest BCUT2D eigenvalue weighted by Crippen LogP contribution is -2.06. The van der Waals surface area contributed by atoms with Crippen LogP contribution in [0.4, 0.5) is 0 Å². The van der Waals surface area contributed by atoms with Crippen molar-refractivity contribution in [1.82, 2.24) is 9.55 Å². The van der Waals surface area contributed by atoms with E-state index >= 15 is 0 Å². The first-order chi connectivity index (χ1) is 8.13. The van der Waals surface area contributed by atoms with E-state index in [2.05, 4.69) is 50.6 Å². The van der Waals surface area contributed by atoms with Crippen LogP contribution in [-0.2, 0) is 6.42 Å². The zero-order chi connectivity index (χ0) is 12.4. The van der Waals surface area contributed by atoms with Gasteiger partial charge in [-0.25, -0.2) is 4.98 Å². The highest BCUT2D eigenvalue weighted by atomic mass is 79.9. The van der Waals surface area contributed by atoms with Gasteiger partial charge >= 0.3 is 0 Å². The Morgan fingerprint density at radius 1 is 1.47 bits per heavy atom. The van der Waals surface area contributed by atoms with Crippen molar-refractivity contribution in [3.05, 3.63) is 46.5 Å². The van der Waals surface area contributed by atoms with Crippen LogP contribution in [0.1, 0.15) is 31.3 Å². The van der Waals surface area contributed by atoms with E-state index in [1.54, 1.807) is 0 Å². The molecule has 0 fully saturated rings. The predicted octanol–water partition coefficient (Wildman–Crippen LogP) is 3.22. The van der Waals surface area contributed by atoms with Crippen LogP contribution in [-0.4, -0.2) is 9.55 Å². The summed E-state index contributed by atoms with van der Waals surface area (Å²) in [4.78, 5) is 4.33. The molecule has 0 spiro atoms. The lowest BCUT2D eigenvalue weighted by Gasteiger charge is -2.12. The van der Waals surface area contributed by atoms with Crippen LogP contribution in [0.5, 0.6) is 0 Å². The summed E-state index contributed by atoms with van der Waals surface area (Å²) in [5.74, 6) is 1.05. The molecule has 17 heavy (non-hydrogen) atoms. The van der Waals surface area contributed by atoms with Crippen molar-refractivity contribution in [3.63, 3.8) is 0 Å². The minimum absolute atomic E-state index is 0.0498. The molecule has 1 aromatic carbocycles. The third-order valence-electron chi connectivity index (χ3n) is 2.79. The van der Waals surface area contributed by atoms with Crippen LogP contribution >= 0.6 is 15.9 Å². The van der Waals surface area contributed by atoms with E-state index in [1.165, 1.54) is 0 Å². The van der Waals surface area contributed by atoms with Crippen LogP contribution in [0.3, 0.4) is 0 Å². The van der Waals surface area contributed by atoms with Crippen molar-refractivity contribution >= 4 is 15.9 Å². The third-order valence-corrected chi connectivity index (χ3v) is 3.43. The molecule has 0 saturated heterocycles. The van der Waals surface area contributed by atoms with Gasteiger partial charge in [-0.3, -0.25) is 0 Å². The first-order valence-electron chi connectivity index (χ1n) is 5.71. The third kappa shape index (κ3) is 2.42. The number of nitrogens with zero attached hydrogens (tertiary/aromatic N) is 2. The standard InChI is InChI=1S/C13H16BrN3/c1-3-13-16-6-7-17(13)12-5-4-10(9(2)15)8-11(12)14/h4-9H,3,15H2,1-2H3. The SMILES string of the molecule is CCc1nccn1-c1ccc(C(C)N)cc1Br. The molecular weight excluding hydrogens is 278 g/mol. The molecule has 0 bridgehead atoms. The zero-order valence-corrected chi connectivity index (χ0v) is 11.6. The number of benzene rings is 1. The van der Waals surface area contributed by atoms with Crippen molar-refractivity contribution in [1.29, 1.82) is 0 Å².